The predicted octanol–water partition coefficient (Wildman–Crippen LogP) is 4.14. The van der Waals surface area contributed by atoms with Crippen molar-refractivity contribution < 1.29 is 13.2 Å². The van der Waals surface area contributed by atoms with Crippen LogP contribution in [0.15, 0.2) is 42.5 Å². The summed E-state index contributed by atoms with van der Waals surface area (Å²) in [5, 5.41) is 3.22. The summed E-state index contributed by atoms with van der Waals surface area (Å²) in [6.07, 6.45) is 1.40. The Morgan fingerprint density at radius 3 is 2.38 bits per heavy atom. The number of hydrogen-bond donors (Lipinski definition) is 1. The van der Waals surface area contributed by atoms with Crippen LogP contribution in [0.2, 0.25) is 5.02 Å². The van der Waals surface area contributed by atoms with E-state index in [0.717, 1.165) is 21.7 Å². The lowest BCUT2D eigenvalue weighted by Crippen LogP contribution is -2.47. The van der Waals surface area contributed by atoms with Gasteiger partial charge in [0.15, 0.2) is 0 Å². The number of hydrogen-bond acceptors (Lipinski definition) is 3. The monoisotopic (exact) mass is 394 g/mol. The molecular formula is C19H23ClN2O3S. The molecule has 0 aliphatic carbocycles. The van der Waals surface area contributed by atoms with Crippen LogP contribution in [0.4, 0.5) is 11.4 Å². The molecule has 0 fully saturated rings. The molecule has 0 aromatic heterocycles. The van der Waals surface area contributed by atoms with Crippen LogP contribution in [0.3, 0.4) is 0 Å². The molecule has 0 saturated carbocycles. The van der Waals surface area contributed by atoms with Gasteiger partial charge in [-0.1, -0.05) is 30.7 Å². The molecule has 0 aliphatic heterocycles. The fourth-order valence-electron chi connectivity index (χ4n) is 2.72. The minimum absolute atomic E-state index is 0.316. The minimum atomic E-state index is -3.68. The van der Waals surface area contributed by atoms with Gasteiger partial charge in [-0.3, -0.25) is 9.10 Å². The summed E-state index contributed by atoms with van der Waals surface area (Å²) in [5.41, 5.74) is 3.16. The first-order valence-electron chi connectivity index (χ1n) is 8.26. The molecule has 2 rings (SSSR count). The third-order valence-corrected chi connectivity index (χ3v) is 5.58. The van der Waals surface area contributed by atoms with E-state index in [2.05, 4.69) is 5.32 Å². The molecule has 5 nitrogen and oxygen atoms in total. The fraction of sp³-hybridized carbons (Fsp3) is 0.316. The Morgan fingerprint density at radius 2 is 1.85 bits per heavy atom. The largest absolute Gasteiger partial charge is 0.324 e. The number of rotatable bonds is 6. The van der Waals surface area contributed by atoms with E-state index in [-0.39, 0.29) is 5.91 Å². The number of aryl methyl sites for hydroxylation is 2. The quantitative estimate of drug-likeness (QED) is 0.800. The topological polar surface area (TPSA) is 66.5 Å². The second-order valence-corrected chi connectivity index (χ2v) is 8.55. The number of halogens is 1. The van der Waals surface area contributed by atoms with E-state index in [0.29, 0.717) is 22.8 Å². The molecule has 1 N–H and O–H groups in total. The molecule has 7 heteroatoms. The van der Waals surface area contributed by atoms with Crippen molar-refractivity contribution in [2.24, 2.45) is 0 Å². The van der Waals surface area contributed by atoms with Gasteiger partial charge in [0.1, 0.15) is 6.04 Å². The average Bonchev–Trinajstić information content (AvgIpc) is 2.54. The first kappa shape index (κ1) is 20.3. The smallest absolute Gasteiger partial charge is 0.248 e. The van der Waals surface area contributed by atoms with Crippen molar-refractivity contribution in [3.63, 3.8) is 0 Å². The fourth-order valence-corrected chi connectivity index (χ4v) is 4.11. The molecule has 26 heavy (non-hydrogen) atoms. The number of nitrogens with one attached hydrogen (secondary N) is 1. The zero-order valence-electron chi connectivity index (χ0n) is 15.3. The van der Waals surface area contributed by atoms with Crippen LogP contribution in [0.25, 0.3) is 0 Å². The van der Waals surface area contributed by atoms with Crippen molar-refractivity contribution in [1.82, 2.24) is 0 Å². The maximum atomic E-state index is 12.8. The molecule has 0 bridgehead atoms. The summed E-state index contributed by atoms with van der Waals surface area (Å²) in [6.45, 7) is 5.71. The Morgan fingerprint density at radius 1 is 1.15 bits per heavy atom. The maximum absolute atomic E-state index is 12.8. The van der Waals surface area contributed by atoms with Gasteiger partial charge in [-0.2, -0.15) is 0 Å². The van der Waals surface area contributed by atoms with Gasteiger partial charge in [-0.15, -0.1) is 0 Å². The lowest BCUT2D eigenvalue weighted by atomic mass is 10.1. The van der Waals surface area contributed by atoms with Crippen molar-refractivity contribution in [3.8, 4) is 0 Å². The molecule has 1 atom stereocenters. The summed E-state index contributed by atoms with van der Waals surface area (Å²) in [7, 11) is -3.68. The lowest BCUT2D eigenvalue weighted by Gasteiger charge is -2.30. The molecule has 0 radical (unpaired) electrons. The number of carbonyl (C=O) groups excluding carboxylic acids is 1. The second kappa shape index (κ2) is 8.10. The van der Waals surface area contributed by atoms with Crippen LogP contribution in [-0.4, -0.2) is 26.6 Å². The van der Waals surface area contributed by atoms with Crippen molar-refractivity contribution >= 4 is 38.9 Å². The molecule has 0 heterocycles. The van der Waals surface area contributed by atoms with E-state index in [9.17, 15) is 13.2 Å². The van der Waals surface area contributed by atoms with Gasteiger partial charge in [-0.25, -0.2) is 8.42 Å². The number of carbonyl (C=O) groups is 1. The first-order valence-corrected chi connectivity index (χ1v) is 10.5. The highest BCUT2D eigenvalue weighted by Crippen LogP contribution is 2.26. The highest BCUT2D eigenvalue weighted by atomic mass is 35.5. The zero-order chi connectivity index (χ0) is 19.5. The Labute approximate surface area is 160 Å². The molecule has 2 aromatic rings. The normalized spacial score (nSPS) is 12.5. The maximum Gasteiger partial charge on any atom is 0.248 e. The van der Waals surface area contributed by atoms with E-state index in [1.807, 2.05) is 26.0 Å². The van der Waals surface area contributed by atoms with E-state index in [1.54, 1.807) is 31.2 Å². The van der Waals surface area contributed by atoms with Crippen molar-refractivity contribution in [3.05, 3.63) is 58.6 Å². The van der Waals surface area contributed by atoms with Crippen LogP contribution in [0.5, 0.6) is 0 Å². The van der Waals surface area contributed by atoms with Crippen LogP contribution in [0.1, 0.15) is 24.5 Å². The molecule has 0 aliphatic rings. The van der Waals surface area contributed by atoms with Gasteiger partial charge in [-0.05, 0) is 61.7 Å². The third-order valence-electron chi connectivity index (χ3n) is 4.17. The van der Waals surface area contributed by atoms with Gasteiger partial charge in [0.25, 0.3) is 0 Å². The summed E-state index contributed by atoms with van der Waals surface area (Å²) >= 11 is 6.01. The van der Waals surface area contributed by atoms with E-state index < -0.39 is 16.1 Å². The van der Waals surface area contributed by atoms with Gasteiger partial charge in [0, 0.05) is 10.7 Å². The Hall–Kier alpha value is -2.05. The molecule has 0 unspecified atom stereocenters. The molecule has 0 saturated heterocycles. The first-order chi connectivity index (χ1) is 12.1. The number of sulfonamides is 1. The molecule has 0 spiro atoms. The number of benzene rings is 2. The van der Waals surface area contributed by atoms with Crippen molar-refractivity contribution in [2.75, 3.05) is 15.9 Å². The zero-order valence-corrected chi connectivity index (χ0v) is 16.9. The molecular weight excluding hydrogens is 372 g/mol. The summed E-state index contributed by atoms with van der Waals surface area (Å²) in [5.74, 6) is -0.388. The number of nitrogens with zero attached hydrogens (tertiary/aromatic N) is 1. The highest BCUT2D eigenvalue weighted by Gasteiger charge is 2.31. The SMILES string of the molecule is CC[C@@H](C(=O)Nc1ccc(C)c(C)c1)N(c1cccc(Cl)c1)S(C)(=O)=O. The van der Waals surface area contributed by atoms with Crippen LogP contribution >= 0.6 is 11.6 Å². The lowest BCUT2D eigenvalue weighted by molar-refractivity contribution is -0.117. The Balaban J connectivity index is 2.38. The van der Waals surface area contributed by atoms with E-state index >= 15 is 0 Å². The second-order valence-electron chi connectivity index (χ2n) is 6.25. The van der Waals surface area contributed by atoms with Crippen LogP contribution < -0.4 is 9.62 Å². The highest BCUT2D eigenvalue weighted by molar-refractivity contribution is 7.92. The summed E-state index contributed by atoms with van der Waals surface area (Å²) < 4.78 is 25.9. The predicted molar refractivity (Wildman–Crippen MR) is 107 cm³/mol. The van der Waals surface area contributed by atoms with Gasteiger partial charge in [0.2, 0.25) is 15.9 Å². The standard InChI is InChI=1S/C19H23ClN2O3S/c1-5-18(19(23)21-16-10-9-13(2)14(3)11-16)22(26(4,24)25)17-8-6-7-15(20)12-17/h6-12,18H,5H2,1-4H3,(H,21,23)/t18-/m0/s1. The molecule has 1 amide bonds. The van der Waals surface area contributed by atoms with Crippen molar-refractivity contribution in [2.45, 2.75) is 33.2 Å². The molecule has 2 aromatic carbocycles. The van der Waals surface area contributed by atoms with E-state index in [4.69, 9.17) is 11.6 Å². The van der Waals surface area contributed by atoms with Gasteiger partial charge < -0.3 is 5.32 Å². The number of amides is 1. The Kier molecular flexibility index (Phi) is 6.31. The third kappa shape index (κ3) is 4.77. The number of anilines is 2. The average molecular weight is 395 g/mol. The van der Waals surface area contributed by atoms with Crippen LogP contribution in [-0.2, 0) is 14.8 Å². The van der Waals surface area contributed by atoms with E-state index in [1.165, 1.54) is 6.07 Å². The van der Waals surface area contributed by atoms with Crippen LogP contribution in [0, 0.1) is 13.8 Å². The van der Waals surface area contributed by atoms with Gasteiger partial charge in [0.05, 0.1) is 11.9 Å². The minimum Gasteiger partial charge on any atom is -0.324 e. The summed E-state index contributed by atoms with van der Waals surface area (Å²) in [6, 6.07) is 11.2. The van der Waals surface area contributed by atoms with Crippen molar-refractivity contribution in [1.29, 1.82) is 0 Å². The molecule has 140 valence electrons. The summed E-state index contributed by atoms with van der Waals surface area (Å²) in [4.78, 5) is 12.8. The Bertz CT molecular complexity index is 913. The van der Waals surface area contributed by atoms with Gasteiger partial charge >= 0.3 is 0 Å².